The third-order valence-electron chi connectivity index (χ3n) is 4.63. The first-order valence-corrected chi connectivity index (χ1v) is 10.8. The first-order valence-electron chi connectivity index (χ1n) is 10.4. The average molecular weight is 492 g/mol. The van der Waals surface area contributed by atoms with Gasteiger partial charge in [0.05, 0.1) is 13.3 Å². The Morgan fingerprint density at radius 1 is 0.914 bits per heavy atom. The number of carbonyl (C=O) groups is 3. The Morgan fingerprint density at radius 3 is 2.40 bits per heavy atom. The van der Waals surface area contributed by atoms with Crippen LogP contribution in [0.5, 0.6) is 11.5 Å². The van der Waals surface area contributed by atoms with Gasteiger partial charge in [-0.05, 0) is 60.0 Å². The van der Waals surface area contributed by atoms with Crippen LogP contribution in [-0.2, 0) is 14.4 Å². The van der Waals surface area contributed by atoms with Gasteiger partial charge < -0.3 is 14.8 Å². The summed E-state index contributed by atoms with van der Waals surface area (Å²) in [5.41, 5.74) is 4.77. The van der Waals surface area contributed by atoms with Crippen LogP contribution in [-0.4, -0.2) is 31.1 Å². The molecule has 178 valence electrons. The monoisotopic (exact) mass is 491 g/mol. The van der Waals surface area contributed by atoms with Crippen LogP contribution < -0.4 is 20.2 Å². The third-order valence-corrected chi connectivity index (χ3v) is 5.03. The van der Waals surface area contributed by atoms with Crippen molar-refractivity contribution in [2.24, 2.45) is 5.10 Å². The van der Waals surface area contributed by atoms with Crippen molar-refractivity contribution in [3.8, 4) is 11.5 Å². The van der Waals surface area contributed by atoms with Crippen LogP contribution in [0.4, 0.5) is 5.69 Å². The Morgan fingerprint density at radius 2 is 1.69 bits per heavy atom. The van der Waals surface area contributed by atoms with Crippen LogP contribution in [0.3, 0.4) is 0 Å². The van der Waals surface area contributed by atoms with Gasteiger partial charge in [-0.3, -0.25) is 9.59 Å². The SMILES string of the molecule is COc1cc(/C=N/NC(=O)C(=O)Nc2ccc(C)c(Cl)c2)ccc1OC(=O)/C=C/c1ccccc1. The van der Waals surface area contributed by atoms with Crippen molar-refractivity contribution in [1.82, 2.24) is 5.43 Å². The van der Waals surface area contributed by atoms with Crippen molar-refractivity contribution < 1.29 is 23.9 Å². The maximum atomic E-state index is 12.1. The van der Waals surface area contributed by atoms with Gasteiger partial charge in [0.25, 0.3) is 0 Å². The molecule has 0 bridgehead atoms. The summed E-state index contributed by atoms with van der Waals surface area (Å²) in [4.78, 5) is 36.2. The van der Waals surface area contributed by atoms with Gasteiger partial charge in [0.15, 0.2) is 11.5 Å². The van der Waals surface area contributed by atoms with E-state index in [9.17, 15) is 14.4 Å². The quantitative estimate of drug-likeness (QED) is 0.127. The van der Waals surface area contributed by atoms with Crippen molar-refractivity contribution in [2.75, 3.05) is 12.4 Å². The minimum Gasteiger partial charge on any atom is -0.493 e. The maximum absolute atomic E-state index is 12.1. The van der Waals surface area contributed by atoms with E-state index in [1.54, 1.807) is 36.4 Å². The zero-order valence-corrected chi connectivity index (χ0v) is 19.7. The number of nitrogens with zero attached hydrogens (tertiary/aromatic N) is 1. The second kappa shape index (κ2) is 12.2. The molecule has 0 saturated carbocycles. The summed E-state index contributed by atoms with van der Waals surface area (Å²) in [6.07, 6.45) is 4.27. The number of esters is 1. The van der Waals surface area contributed by atoms with E-state index in [4.69, 9.17) is 21.1 Å². The van der Waals surface area contributed by atoms with Crippen molar-refractivity contribution in [3.05, 3.63) is 94.5 Å². The highest BCUT2D eigenvalue weighted by molar-refractivity contribution is 6.39. The Hall–Kier alpha value is -4.43. The van der Waals surface area contributed by atoms with Gasteiger partial charge in [0.2, 0.25) is 0 Å². The molecule has 0 aliphatic carbocycles. The third kappa shape index (κ3) is 7.55. The number of hydrogen-bond donors (Lipinski definition) is 2. The summed E-state index contributed by atoms with van der Waals surface area (Å²) >= 11 is 6.02. The van der Waals surface area contributed by atoms with Gasteiger partial charge in [-0.25, -0.2) is 10.2 Å². The smallest absolute Gasteiger partial charge is 0.336 e. The lowest BCUT2D eigenvalue weighted by Gasteiger charge is -2.08. The standard InChI is InChI=1S/C26H22ClN3O5/c1-17-8-11-20(15-21(17)27)29-25(32)26(33)30-28-16-19-9-12-22(23(14-19)34-2)35-24(31)13-10-18-6-4-3-5-7-18/h3-16H,1-2H3,(H,29,32)(H,30,33)/b13-10+,28-16+. The van der Waals surface area contributed by atoms with E-state index in [1.807, 2.05) is 37.3 Å². The van der Waals surface area contributed by atoms with Gasteiger partial charge in [-0.15, -0.1) is 0 Å². The molecule has 0 aromatic heterocycles. The molecule has 0 aliphatic rings. The van der Waals surface area contributed by atoms with Gasteiger partial charge in [-0.1, -0.05) is 48.0 Å². The molecule has 2 amide bonds. The average Bonchev–Trinajstić information content (AvgIpc) is 2.86. The van der Waals surface area contributed by atoms with Crippen molar-refractivity contribution in [3.63, 3.8) is 0 Å². The summed E-state index contributed by atoms with van der Waals surface area (Å²) in [5, 5.41) is 6.69. The van der Waals surface area contributed by atoms with Crippen LogP contribution in [0.2, 0.25) is 5.02 Å². The molecular weight excluding hydrogens is 470 g/mol. The fraction of sp³-hybridized carbons (Fsp3) is 0.0769. The molecule has 0 saturated heterocycles. The normalized spacial score (nSPS) is 10.8. The molecular formula is C26H22ClN3O5. The first kappa shape index (κ1) is 25.2. The second-order valence-electron chi connectivity index (χ2n) is 7.19. The number of rotatable bonds is 7. The minimum absolute atomic E-state index is 0.215. The molecule has 3 rings (SSSR count). The Kier molecular flexibility index (Phi) is 8.75. The van der Waals surface area contributed by atoms with E-state index < -0.39 is 17.8 Å². The number of hydrazone groups is 1. The number of ether oxygens (including phenoxy) is 2. The topological polar surface area (TPSA) is 106 Å². The number of anilines is 1. The van der Waals surface area contributed by atoms with Gasteiger partial charge in [-0.2, -0.15) is 5.10 Å². The van der Waals surface area contributed by atoms with E-state index in [2.05, 4.69) is 15.8 Å². The fourth-order valence-electron chi connectivity index (χ4n) is 2.79. The van der Waals surface area contributed by atoms with E-state index in [-0.39, 0.29) is 11.5 Å². The molecule has 0 fully saturated rings. The maximum Gasteiger partial charge on any atom is 0.336 e. The van der Waals surface area contributed by atoms with Gasteiger partial charge >= 0.3 is 17.8 Å². The van der Waals surface area contributed by atoms with Gasteiger partial charge in [0.1, 0.15) is 0 Å². The molecule has 2 N–H and O–H groups in total. The number of nitrogens with one attached hydrogen (secondary N) is 2. The predicted molar refractivity (Wildman–Crippen MR) is 135 cm³/mol. The number of methoxy groups -OCH3 is 1. The van der Waals surface area contributed by atoms with E-state index in [1.165, 1.54) is 25.5 Å². The zero-order valence-electron chi connectivity index (χ0n) is 18.9. The molecule has 35 heavy (non-hydrogen) atoms. The van der Waals surface area contributed by atoms with Crippen molar-refractivity contribution >= 4 is 47.4 Å². The summed E-state index contributed by atoms with van der Waals surface area (Å²) in [6, 6.07) is 18.9. The number of hydrogen-bond acceptors (Lipinski definition) is 6. The van der Waals surface area contributed by atoms with Gasteiger partial charge in [0, 0.05) is 16.8 Å². The highest BCUT2D eigenvalue weighted by Gasteiger charge is 2.13. The fourth-order valence-corrected chi connectivity index (χ4v) is 2.97. The summed E-state index contributed by atoms with van der Waals surface area (Å²) < 4.78 is 10.6. The molecule has 0 heterocycles. The molecule has 0 spiro atoms. The molecule has 0 atom stereocenters. The largest absolute Gasteiger partial charge is 0.493 e. The Balaban J connectivity index is 1.57. The molecule has 3 aromatic rings. The molecule has 0 unspecified atom stereocenters. The lowest BCUT2D eigenvalue weighted by Crippen LogP contribution is -2.32. The number of aryl methyl sites for hydroxylation is 1. The number of benzene rings is 3. The lowest BCUT2D eigenvalue weighted by molar-refractivity contribution is -0.136. The van der Waals surface area contributed by atoms with Crippen LogP contribution in [0.15, 0.2) is 77.9 Å². The molecule has 8 nitrogen and oxygen atoms in total. The number of halogens is 1. The second-order valence-corrected chi connectivity index (χ2v) is 7.60. The van der Waals surface area contributed by atoms with E-state index in [0.29, 0.717) is 16.3 Å². The minimum atomic E-state index is -0.958. The molecule has 3 aromatic carbocycles. The summed E-state index contributed by atoms with van der Waals surface area (Å²) in [6.45, 7) is 1.82. The molecule has 0 radical (unpaired) electrons. The molecule has 0 aliphatic heterocycles. The van der Waals surface area contributed by atoms with E-state index >= 15 is 0 Å². The Bertz CT molecular complexity index is 1290. The zero-order chi connectivity index (χ0) is 25.2. The van der Waals surface area contributed by atoms with Crippen LogP contribution >= 0.6 is 11.6 Å². The summed E-state index contributed by atoms with van der Waals surface area (Å²) in [5.74, 6) is -1.92. The van der Waals surface area contributed by atoms with E-state index in [0.717, 1.165) is 11.1 Å². The van der Waals surface area contributed by atoms with Crippen LogP contribution in [0.1, 0.15) is 16.7 Å². The number of amides is 2. The predicted octanol–water partition coefficient (Wildman–Crippen LogP) is 4.36. The van der Waals surface area contributed by atoms with Crippen LogP contribution in [0, 0.1) is 6.92 Å². The van der Waals surface area contributed by atoms with Crippen molar-refractivity contribution in [1.29, 1.82) is 0 Å². The van der Waals surface area contributed by atoms with Crippen LogP contribution in [0.25, 0.3) is 6.08 Å². The lowest BCUT2D eigenvalue weighted by atomic mass is 10.2. The molecule has 9 heteroatoms. The van der Waals surface area contributed by atoms with Crippen molar-refractivity contribution in [2.45, 2.75) is 6.92 Å². The summed E-state index contributed by atoms with van der Waals surface area (Å²) in [7, 11) is 1.43. The Labute approximate surface area is 207 Å². The highest BCUT2D eigenvalue weighted by atomic mass is 35.5. The highest BCUT2D eigenvalue weighted by Crippen LogP contribution is 2.28. The first-order chi connectivity index (χ1) is 16.9. The number of carbonyl (C=O) groups excluding carboxylic acids is 3.